The van der Waals surface area contributed by atoms with Crippen LogP contribution in [0.1, 0.15) is 13.3 Å². The Labute approximate surface area is 138 Å². The predicted octanol–water partition coefficient (Wildman–Crippen LogP) is 3.36. The summed E-state index contributed by atoms with van der Waals surface area (Å²) in [6.45, 7) is 1.77. The lowest BCUT2D eigenvalue weighted by molar-refractivity contribution is -0.116. The fraction of sp³-hybridized carbons (Fsp3) is 0.176. The molecule has 24 heavy (non-hydrogen) atoms. The monoisotopic (exact) mass is 333 g/mol. The van der Waals surface area contributed by atoms with E-state index >= 15 is 0 Å². The molecule has 0 aliphatic carbocycles. The van der Waals surface area contributed by atoms with E-state index in [0.717, 1.165) is 17.8 Å². The molecule has 2 amide bonds. The van der Waals surface area contributed by atoms with E-state index in [0.29, 0.717) is 12.2 Å². The molecule has 0 radical (unpaired) electrons. The van der Waals surface area contributed by atoms with Gasteiger partial charge in [0.1, 0.15) is 0 Å². The summed E-state index contributed by atoms with van der Waals surface area (Å²) in [7, 11) is 0. The second-order valence-corrected chi connectivity index (χ2v) is 5.12. The molecule has 0 aliphatic rings. The van der Waals surface area contributed by atoms with E-state index in [1.165, 1.54) is 13.0 Å². The molecule has 2 aromatic carbocycles. The molecule has 0 unspecified atom stereocenters. The van der Waals surface area contributed by atoms with E-state index in [1.54, 1.807) is 24.3 Å². The van der Waals surface area contributed by atoms with Crippen molar-refractivity contribution in [2.45, 2.75) is 13.3 Å². The van der Waals surface area contributed by atoms with Crippen molar-refractivity contribution in [1.29, 1.82) is 0 Å². The van der Waals surface area contributed by atoms with Crippen molar-refractivity contribution >= 4 is 28.9 Å². The van der Waals surface area contributed by atoms with Crippen LogP contribution in [0.3, 0.4) is 0 Å². The Balaban J connectivity index is 1.82. The van der Waals surface area contributed by atoms with Gasteiger partial charge in [0.25, 0.3) is 0 Å². The Morgan fingerprint density at radius 3 is 2.33 bits per heavy atom. The number of halogens is 2. The van der Waals surface area contributed by atoms with Crippen LogP contribution in [-0.2, 0) is 9.59 Å². The summed E-state index contributed by atoms with van der Waals surface area (Å²) < 4.78 is 25.9. The lowest BCUT2D eigenvalue weighted by atomic mass is 10.2. The Bertz CT molecular complexity index is 750. The number of rotatable bonds is 6. The largest absolute Gasteiger partial charge is 0.384 e. The highest BCUT2D eigenvalue weighted by Crippen LogP contribution is 2.15. The summed E-state index contributed by atoms with van der Waals surface area (Å²) >= 11 is 0. The Morgan fingerprint density at radius 2 is 1.62 bits per heavy atom. The zero-order valence-electron chi connectivity index (χ0n) is 13.0. The molecule has 0 bridgehead atoms. The van der Waals surface area contributed by atoms with Gasteiger partial charge < -0.3 is 16.0 Å². The first-order chi connectivity index (χ1) is 11.4. The number of carbonyl (C=O) groups excluding carboxylic acids is 2. The summed E-state index contributed by atoms with van der Waals surface area (Å²) in [5.41, 5.74) is 1.60. The van der Waals surface area contributed by atoms with Gasteiger partial charge in [-0.2, -0.15) is 0 Å². The van der Waals surface area contributed by atoms with Gasteiger partial charge in [-0.15, -0.1) is 0 Å². The van der Waals surface area contributed by atoms with Gasteiger partial charge >= 0.3 is 0 Å². The second kappa shape index (κ2) is 8.05. The molecule has 7 heteroatoms. The summed E-state index contributed by atoms with van der Waals surface area (Å²) in [5, 5.41) is 8.20. The maximum atomic E-state index is 13.1. The van der Waals surface area contributed by atoms with Crippen molar-refractivity contribution < 1.29 is 18.4 Å². The third-order valence-corrected chi connectivity index (χ3v) is 3.07. The Kier molecular flexibility index (Phi) is 5.83. The standard InChI is InChI=1S/C17H17F2N3O2/c1-11(23)21-13-4-2-3-12(9-13)20-8-7-17(24)22-14-5-6-15(18)16(19)10-14/h2-6,9-10,20H,7-8H2,1H3,(H,21,23)(H,22,24). The zero-order chi connectivity index (χ0) is 17.5. The average molecular weight is 333 g/mol. The number of hydrogen-bond acceptors (Lipinski definition) is 3. The molecule has 0 saturated heterocycles. The van der Waals surface area contributed by atoms with Crippen molar-refractivity contribution in [1.82, 2.24) is 0 Å². The van der Waals surface area contributed by atoms with Gasteiger partial charge in [0.2, 0.25) is 11.8 Å². The van der Waals surface area contributed by atoms with Crippen LogP contribution in [0.4, 0.5) is 25.8 Å². The summed E-state index contributed by atoms with van der Waals surface area (Å²) in [6.07, 6.45) is 0.142. The molecule has 0 atom stereocenters. The van der Waals surface area contributed by atoms with Gasteiger partial charge in [0.15, 0.2) is 11.6 Å². The van der Waals surface area contributed by atoms with Gasteiger partial charge in [0.05, 0.1) is 0 Å². The van der Waals surface area contributed by atoms with Gasteiger partial charge in [0, 0.05) is 43.0 Å². The minimum atomic E-state index is -1.01. The van der Waals surface area contributed by atoms with E-state index in [-0.39, 0.29) is 23.9 Å². The van der Waals surface area contributed by atoms with Gasteiger partial charge in [-0.3, -0.25) is 9.59 Å². The molecule has 3 N–H and O–H groups in total. The van der Waals surface area contributed by atoms with Crippen LogP contribution in [0.2, 0.25) is 0 Å². The number of amides is 2. The quantitative estimate of drug-likeness (QED) is 0.759. The maximum Gasteiger partial charge on any atom is 0.226 e. The lowest BCUT2D eigenvalue weighted by Crippen LogP contribution is -2.16. The van der Waals surface area contributed by atoms with Crippen LogP contribution in [0.25, 0.3) is 0 Å². The van der Waals surface area contributed by atoms with E-state index in [4.69, 9.17) is 0 Å². The van der Waals surface area contributed by atoms with Crippen molar-refractivity contribution in [3.05, 3.63) is 54.1 Å². The average Bonchev–Trinajstić information content (AvgIpc) is 2.51. The van der Waals surface area contributed by atoms with E-state index in [2.05, 4.69) is 16.0 Å². The van der Waals surface area contributed by atoms with E-state index in [9.17, 15) is 18.4 Å². The van der Waals surface area contributed by atoms with Crippen LogP contribution in [0, 0.1) is 11.6 Å². The number of hydrogen-bond donors (Lipinski definition) is 3. The van der Waals surface area contributed by atoms with Crippen LogP contribution in [-0.4, -0.2) is 18.4 Å². The molecule has 0 spiro atoms. The third kappa shape index (κ3) is 5.35. The first-order valence-electron chi connectivity index (χ1n) is 7.30. The van der Waals surface area contributed by atoms with Crippen LogP contribution in [0.15, 0.2) is 42.5 Å². The van der Waals surface area contributed by atoms with Crippen molar-refractivity contribution in [3.63, 3.8) is 0 Å². The highest BCUT2D eigenvalue weighted by atomic mass is 19.2. The second-order valence-electron chi connectivity index (χ2n) is 5.12. The highest BCUT2D eigenvalue weighted by Gasteiger charge is 2.06. The predicted molar refractivity (Wildman–Crippen MR) is 88.8 cm³/mol. The molecule has 126 valence electrons. The molecule has 5 nitrogen and oxygen atoms in total. The lowest BCUT2D eigenvalue weighted by Gasteiger charge is -2.09. The van der Waals surface area contributed by atoms with Crippen molar-refractivity contribution in [3.8, 4) is 0 Å². The Hall–Kier alpha value is -2.96. The fourth-order valence-corrected chi connectivity index (χ4v) is 2.03. The number of nitrogens with one attached hydrogen (secondary N) is 3. The molecular weight excluding hydrogens is 316 g/mol. The molecule has 0 aliphatic heterocycles. The van der Waals surface area contributed by atoms with Crippen LogP contribution >= 0.6 is 0 Å². The zero-order valence-corrected chi connectivity index (χ0v) is 13.0. The highest BCUT2D eigenvalue weighted by molar-refractivity contribution is 5.91. The molecule has 2 aromatic rings. The Morgan fingerprint density at radius 1 is 0.917 bits per heavy atom. The van der Waals surface area contributed by atoms with Crippen LogP contribution < -0.4 is 16.0 Å². The minimum absolute atomic E-state index is 0.142. The van der Waals surface area contributed by atoms with Gasteiger partial charge in [-0.1, -0.05) is 6.07 Å². The van der Waals surface area contributed by atoms with Gasteiger partial charge in [-0.25, -0.2) is 8.78 Å². The van der Waals surface area contributed by atoms with E-state index < -0.39 is 11.6 Å². The minimum Gasteiger partial charge on any atom is -0.384 e. The maximum absolute atomic E-state index is 13.1. The topological polar surface area (TPSA) is 70.2 Å². The number of carbonyl (C=O) groups is 2. The van der Waals surface area contributed by atoms with Gasteiger partial charge in [-0.05, 0) is 30.3 Å². The fourth-order valence-electron chi connectivity index (χ4n) is 2.03. The summed E-state index contributed by atoms with van der Waals surface area (Å²) in [4.78, 5) is 22.8. The SMILES string of the molecule is CC(=O)Nc1cccc(NCCC(=O)Nc2ccc(F)c(F)c2)c1. The first kappa shape index (κ1) is 17.4. The van der Waals surface area contributed by atoms with Crippen molar-refractivity contribution in [2.24, 2.45) is 0 Å². The molecule has 0 heterocycles. The third-order valence-electron chi connectivity index (χ3n) is 3.07. The van der Waals surface area contributed by atoms with Crippen molar-refractivity contribution in [2.75, 3.05) is 22.5 Å². The number of benzene rings is 2. The molecule has 0 saturated carbocycles. The molecule has 0 aromatic heterocycles. The first-order valence-corrected chi connectivity index (χ1v) is 7.30. The smallest absolute Gasteiger partial charge is 0.226 e. The number of anilines is 3. The summed E-state index contributed by atoms with van der Waals surface area (Å²) in [5.74, 6) is -2.47. The molecule has 0 fully saturated rings. The van der Waals surface area contributed by atoms with E-state index in [1.807, 2.05) is 0 Å². The van der Waals surface area contributed by atoms with Crippen LogP contribution in [0.5, 0.6) is 0 Å². The molecular formula is C17H17F2N3O2. The normalized spacial score (nSPS) is 10.1. The summed E-state index contributed by atoms with van der Waals surface area (Å²) in [6, 6.07) is 10.2. The molecule has 2 rings (SSSR count).